The number of rotatable bonds is 4. The Kier molecular flexibility index (Phi) is 3.85. The molecule has 0 spiro atoms. The normalized spacial score (nSPS) is 11.2. The molecule has 0 fully saturated rings. The van der Waals surface area contributed by atoms with E-state index in [4.69, 9.17) is 9.15 Å². The lowest BCUT2D eigenvalue weighted by atomic mass is 10.1. The second kappa shape index (κ2) is 6.18. The Bertz CT molecular complexity index is 1140. The number of furan rings is 1. The molecule has 1 aromatic carbocycles. The number of ether oxygens (including phenoxy) is 1. The van der Waals surface area contributed by atoms with E-state index in [2.05, 4.69) is 4.98 Å². The Balaban J connectivity index is 1.87. The van der Waals surface area contributed by atoms with Crippen LogP contribution in [0.2, 0.25) is 0 Å². The molecule has 0 aliphatic carbocycles. The highest BCUT2D eigenvalue weighted by atomic mass is 32.1. The number of benzene rings is 1. The summed E-state index contributed by atoms with van der Waals surface area (Å²) in [4.78, 5) is 29.9. The van der Waals surface area contributed by atoms with E-state index in [1.807, 2.05) is 23.6 Å². The van der Waals surface area contributed by atoms with Crippen LogP contribution in [0.5, 0.6) is 0 Å². The molecule has 3 heterocycles. The first-order valence-electron chi connectivity index (χ1n) is 7.79. The van der Waals surface area contributed by atoms with Gasteiger partial charge in [0.1, 0.15) is 10.4 Å². The molecule has 0 bridgehead atoms. The molecule has 6 nitrogen and oxygen atoms in total. The highest BCUT2D eigenvalue weighted by molar-refractivity contribution is 7.16. The number of fused-ring (bicyclic) bond motifs is 2. The van der Waals surface area contributed by atoms with Crippen LogP contribution >= 0.6 is 11.3 Å². The SMILES string of the molecule is CCOC(=O)c1oc2ccccc2c1Cn1cnc2sccc2c1=O. The number of para-hydroxylation sites is 1. The molecule has 7 heteroatoms. The number of nitrogens with zero attached hydrogens (tertiary/aromatic N) is 2. The van der Waals surface area contributed by atoms with Crippen molar-refractivity contribution in [1.82, 2.24) is 9.55 Å². The molecule has 4 rings (SSSR count). The number of hydrogen-bond acceptors (Lipinski definition) is 6. The Hall–Kier alpha value is -2.93. The van der Waals surface area contributed by atoms with Crippen molar-refractivity contribution >= 4 is 38.5 Å². The average Bonchev–Trinajstić information content (AvgIpc) is 3.23. The van der Waals surface area contributed by atoms with Crippen LogP contribution in [0.4, 0.5) is 0 Å². The molecule has 0 aliphatic rings. The van der Waals surface area contributed by atoms with Gasteiger partial charge in [0.25, 0.3) is 5.56 Å². The highest BCUT2D eigenvalue weighted by Gasteiger charge is 2.22. The first-order chi connectivity index (χ1) is 12.2. The summed E-state index contributed by atoms with van der Waals surface area (Å²) in [6, 6.07) is 9.09. The van der Waals surface area contributed by atoms with Gasteiger partial charge in [0, 0.05) is 10.9 Å². The lowest BCUT2D eigenvalue weighted by Crippen LogP contribution is -2.21. The van der Waals surface area contributed by atoms with Crippen LogP contribution in [-0.2, 0) is 11.3 Å². The van der Waals surface area contributed by atoms with E-state index in [0.29, 0.717) is 21.4 Å². The van der Waals surface area contributed by atoms with Gasteiger partial charge in [-0.2, -0.15) is 0 Å². The van der Waals surface area contributed by atoms with Gasteiger partial charge < -0.3 is 9.15 Å². The smallest absolute Gasteiger partial charge is 0.374 e. The van der Waals surface area contributed by atoms with E-state index < -0.39 is 5.97 Å². The number of hydrogen-bond donors (Lipinski definition) is 0. The number of esters is 1. The maximum absolute atomic E-state index is 12.6. The van der Waals surface area contributed by atoms with Crippen LogP contribution in [0, 0.1) is 0 Å². The third kappa shape index (κ3) is 2.62. The summed E-state index contributed by atoms with van der Waals surface area (Å²) in [5, 5.41) is 3.18. The molecule has 0 unspecified atom stereocenters. The van der Waals surface area contributed by atoms with Crippen molar-refractivity contribution in [2.24, 2.45) is 0 Å². The van der Waals surface area contributed by atoms with Gasteiger partial charge in [0.05, 0.1) is 24.9 Å². The van der Waals surface area contributed by atoms with Crippen LogP contribution in [0.25, 0.3) is 21.2 Å². The van der Waals surface area contributed by atoms with Crippen LogP contribution in [-0.4, -0.2) is 22.1 Å². The maximum Gasteiger partial charge on any atom is 0.374 e. The van der Waals surface area contributed by atoms with Gasteiger partial charge in [-0.1, -0.05) is 18.2 Å². The largest absolute Gasteiger partial charge is 0.460 e. The number of carbonyl (C=O) groups excluding carboxylic acids is 1. The average molecular weight is 354 g/mol. The molecule has 0 radical (unpaired) electrons. The van der Waals surface area contributed by atoms with Crippen LogP contribution in [0.15, 0.2) is 51.3 Å². The van der Waals surface area contributed by atoms with Gasteiger partial charge >= 0.3 is 5.97 Å². The van der Waals surface area contributed by atoms with Crippen LogP contribution < -0.4 is 5.56 Å². The van der Waals surface area contributed by atoms with Crippen molar-refractivity contribution in [3.8, 4) is 0 Å². The zero-order valence-electron chi connectivity index (χ0n) is 13.4. The molecule has 0 aliphatic heterocycles. The summed E-state index contributed by atoms with van der Waals surface area (Å²) < 4.78 is 12.3. The second-order valence-electron chi connectivity index (χ2n) is 5.44. The van der Waals surface area contributed by atoms with Gasteiger partial charge in [0.15, 0.2) is 0 Å². The minimum Gasteiger partial charge on any atom is -0.460 e. The summed E-state index contributed by atoms with van der Waals surface area (Å²) in [5.41, 5.74) is 1.05. The molecular weight excluding hydrogens is 340 g/mol. The predicted octanol–water partition coefficient (Wildman–Crippen LogP) is 3.43. The van der Waals surface area contributed by atoms with E-state index in [1.165, 1.54) is 22.2 Å². The summed E-state index contributed by atoms with van der Waals surface area (Å²) in [7, 11) is 0. The van der Waals surface area contributed by atoms with Crippen LogP contribution in [0.3, 0.4) is 0 Å². The van der Waals surface area contributed by atoms with Crippen molar-refractivity contribution in [2.75, 3.05) is 6.61 Å². The molecule has 0 amide bonds. The molecule has 0 atom stereocenters. The lowest BCUT2D eigenvalue weighted by Gasteiger charge is -2.06. The molecule has 0 saturated heterocycles. The first kappa shape index (κ1) is 15.6. The Morgan fingerprint density at radius 3 is 2.96 bits per heavy atom. The third-order valence-corrected chi connectivity index (χ3v) is 4.76. The van der Waals surface area contributed by atoms with E-state index in [-0.39, 0.29) is 24.5 Å². The minimum absolute atomic E-state index is 0.125. The van der Waals surface area contributed by atoms with E-state index in [1.54, 1.807) is 19.1 Å². The predicted molar refractivity (Wildman–Crippen MR) is 95.2 cm³/mol. The Labute approximate surface area is 146 Å². The summed E-state index contributed by atoms with van der Waals surface area (Å²) in [5.74, 6) is -0.410. The summed E-state index contributed by atoms with van der Waals surface area (Å²) >= 11 is 1.42. The van der Waals surface area contributed by atoms with Gasteiger partial charge in [-0.3, -0.25) is 9.36 Å². The summed E-state index contributed by atoms with van der Waals surface area (Å²) in [6.07, 6.45) is 1.50. The molecule has 126 valence electrons. The fourth-order valence-corrected chi connectivity index (χ4v) is 3.52. The van der Waals surface area contributed by atoms with Gasteiger partial charge in [-0.15, -0.1) is 11.3 Å². The monoisotopic (exact) mass is 354 g/mol. The van der Waals surface area contributed by atoms with Crippen molar-refractivity contribution in [3.63, 3.8) is 0 Å². The number of thiophene rings is 1. The fraction of sp³-hybridized carbons (Fsp3) is 0.167. The first-order valence-corrected chi connectivity index (χ1v) is 8.67. The molecule has 4 aromatic rings. The third-order valence-electron chi connectivity index (χ3n) is 3.94. The van der Waals surface area contributed by atoms with Gasteiger partial charge in [-0.25, -0.2) is 9.78 Å². The van der Waals surface area contributed by atoms with Crippen molar-refractivity contribution in [2.45, 2.75) is 13.5 Å². The van der Waals surface area contributed by atoms with Crippen molar-refractivity contribution in [3.05, 3.63) is 63.7 Å². The molecule has 3 aromatic heterocycles. The van der Waals surface area contributed by atoms with E-state index in [0.717, 1.165) is 5.39 Å². The molecule has 0 N–H and O–H groups in total. The van der Waals surface area contributed by atoms with Crippen molar-refractivity contribution in [1.29, 1.82) is 0 Å². The zero-order chi connectivity index (χ0) is 17.4. The van der Waals surface area contributed by atoms with E-state index in [9.17, 15) is 9.59 Å². The summed E-state index contributed by atoms with van der Waals surface area (Å²) in [6.45, 7) is 2.17. The van der Waals surface area contributed by atoms with Crippen LogP contribution in [0.1, 0.15) is 23.0 Å². The molecule has 0 saturated carbocycles. The Morgan fingerprint density at radius 2 is 2.12 bits per heavy atom. The maximum atomic E-state index is 12.6. The number of carbonyl (C=O) groups is 1. The molecule has 25 heavy (non-hydrogen) atoms. The standard InChI is InChI=1S/C18H14N2O4S/c1-2-23-18(22)15-13(11-5-3-4-6-14(11)24-15)9-20-10-19-16-12(17(20)21)7-8-25-16/h3-8,10H,2,9H2,1H3. The minimum atomic E-state index is -0.536. The van der Waals surface area contributed by atoms with Gasteiger partial charge in [0.2, 0.25) is 5.76 Å². The number of aromatic nitrogens is 2. The highest BCUT2D eigenvalue weighted by Crippen LogP contribution is 2.27. The Morgan fingerprint density at radius 1 is 1.28 bits per heavy atom. The quantitative estimate of drug-likeness (QED) is 0.525. The molecular formula is C18H14N2O4S. The van der Waals surface area contributed by atoms with Crippen molar-refractivity contribution < 1.29 is 13.9 Å². The fourth-order valence-electron chi connectivity index (χ4n) is 2.79. The lowest BCUT2D eigenvalue weighted by molar-refractivity contribution is 0.0490. The van der Waals surface area contributed by atoms with E-state index >= 15 is 0 Å². The topological polar surface area (TPSA) is 74.3 Å². The van der Waals surface area contributed by atoms with Gasteiger partial charge in [-0.05, 0) is 24.4 Å². The zero-order valence-corrected chi connectivity index (χ0v) is 14.2. The second-order valence-corrected chi connectivity index (χ2v) is 6.34.